The van der Waals surface area contributed by atoms with Crippen LogP contribution >= 0.6 is 0 Å². The second-order valence-electron chi connectivity index (χ2n) is 5.08. The van der Waals surface area contributed by atoms with Gasteiger partial charge in [0.15, 0.2) is 15.7 Å². The summed E-state index contributed by atoms with van der Waals surface area (Å²) in [6, 6.07) is 6.32. The average Bonchev–Trinajstić information content (AvgIpc) is 2.96. The number of sulfone groups is 1. The van der Waals surface area contributed by atoms with Gasteiger partial charge in [0.1, 0.15) is 0 Å². The van der Waals surface area contributed by atoms with Crippen molar-refractivity contribution in [2.75, 3.05) is 6.26 Å². The summed E-state index contributed by atoms with van der Waals surface area (Å²) in [5, 5.41) is 3.95. The van der Waals surface area contributed by atoms with Crippen LogP contribution in [0.3, 0.4) is 0 Å². The molecule has 1 heterocycles. The highest BCUT2D eigenvalue weighted by molar-refractivity contribution is 7.90. The van der Waals surface area contributed by atoms with E-state index >= 15 is 0 Å². The predicted octanol–water partition coefficient (Wildman–Crippen LogP) is 2.11. The van der Waals surface area contributed by atoms with E-state index in [0.717, 1.165) is 6.26 Å². The van der Waals surface area contributed by atoms with E-state index in [9.17, 15) is 8.42 Å². The van der Waals surface area contributed by atoms with Crippen molar-refractivity contribution in [3.63, 3.8) is 0 Å². The summed E-state index contributed by atoms with van der Waals surface area (Å²) in [7, 11) is -3.21. The maximum absolute atomic E-state index is 11.4. The van der Waals surface area contributed by atoms with Gasteiger partial charge in [-0.3, -0.25) is 0 Å². The molecule has 1 aromatic heterocycles. The summed E-state index contributed by atoms with van der Waals surface area (Å²) in [6.45, 7) is 3.95. The molecule has 0 bridgehead atoms. The fraction of sp³-hybridized carbons (Fsp3) is 0.429. The zero-order valence-corrected chi connectivity index (χ0v) is 13.1. The average molecular weight is 309 g/mol. The van der Waals surface area contributed by atoms with Crippen molar-refractivity contribution in [3.8, 4) is 11.5 Å². The minimum atomic E-state index is -3.21. The van der Waals surface area contributed by atoms with Gasteiger partial charge in [0, 0.05) is 11.8 Å². The number of rotatable bonds is 5. The third-order valence-corrected chi connectivity index (χ3v) is 4.79. The lowest BCUT2D eigenvalue weighted by Crippen LogP contribution is -2.36. The number of hydrogen-bond donors (Lipinski definition) is 1. The summed E-state index contributed by atoms with van der Waals surface area (Å²) in [5.74, 6) is 0.802. The molecule has 0 aliphatic rings. The van der Waals surface area contributed by atoms with Gasteiger partial charge in [-0.1, -0.05) is 19.0 Å². The van der Waals surface area contributed by atoms with Crippen molar-refractivity contribution in [3.05, 3.63) is 30.1 Å². The summed E-state index contributed by atoms with van der Waals surface area (Å²) >= 11 is 0. The zero-order valence-electron chi connectivity index (χ0n) is 12.3. The van der Waals surface area contributed by atoms with Gasteiger partial charge >= 0.3 is 0 Å². The molecule has 0 aliphatic carbocycles. The predicted molar refractivity (Wildman–Crippen MR) is 79.3 cm³/mol. The summed E-state index contributed by atoms with van der Waals surface area (Å²) < 4.78 is 28.1. The summed E-state index contributed by atoms with van der Waals surface area (Å²) in [6.07, 6.45) is 2.57. The Kier molecular flexibility index (Phi) is 4.15. The molecule has 0 aliphatic heterocycles. The standard InChI is InChI=1S/C14H19N3O3S/c1-4-14(15,5-2)13-16-12(20-17-13)10-6-8-11(9-7-10)21(3,18)19/h6-9H,4-5,15H2,1-3H3. The number of nitrogens with two attached hydrogens (primary N) is 1. The summed E-state index contributed by atoms with van der Waals surface area (Å²) in [4.78, 5) is 4.59. The van der Waals surface area contributed by atoms with E-state index in [2.05, 4.69) is 10.1 Å². The SMILES string of the molecule is CCC(N)(CC)c1noc(-c2ccc(S(C)(=O)=O)cc2)n1. The van der Waals surface area contributed by atoms with E-state index in [0.29, 0.717) is 30.1 Å². The highest BCUT2D eigenvalue weighted by Gasteiger charge is 2.29. The molecule has 1 aromatic carbocycles. The molecule has 7 heteroatoms. The molecular formula is C14H19N3O3S. The normalized spacial score (nSPS) is 12.6. The van der Waals surface area contributed by atoms with Crippen molar-refractivity contribution < 1.29 is 12.9 Å². The molecule has 0 saturated heterocycles. The van der Waals surface area contributed by atoms with E-state index < -0.39 is 15.4 Å². The Labute approximate surface area is 124 Å². The topological polar surface area (TPSA) is 99.1 Å². The van der Waals surface area contributed by atoms with Gasteiger partial charge in [-0.25, -0.2) is 8.42 Å². The molecule has 114 valence electrons. The quantitative estimate of drug-likeness (QED) is 0.908. The molecule has 2 aromatic rings. The Hall–Kier alpha value is -1.73. The van der Waals surface area contributed by atoms with Gasteiger partial charge in [-0.2, -0.15) is 4.98 Å². The van der Waals surface area contributed by atoms with E-state index in [1.807, 2.05) is 13.8 Å². The molecule has 0 atom stereocenters. The lowest BCUT2D eigenvalue weighted by atomic mass is 9.93. The van der Waals surface area contributed by atoms with Crippen LogP contribution in [0.4, 0.5) is 0 Å². The number of aromatic nitrogens is 2. The molecule has 6 nitrogen and oxygen atoms in total. The van der Waals surface area contributed by atoms with Crippen molar-refractivity contribution in [2.45, 2.75) is 37.1 Å². The van der Waals surface area contributed by atoms with E-state index in [1.165, 1.54) is 12.1 Å². The molecule has 0 radical (unpaired) electrons. The first-order valence-electron chi connectivity index (χ1n) is 6.73. The van der Waals surface area contributed by atoms with Gasteiger partial charge in [0.25, 0.3) is 5.89 Å². The maximum Gasteiger partial charge on any atom is 0.257 e. The van der Waals surface area contributed by atoms with E-state index in [-0.39, 0.29) is 4.90 Å². The molecule has 0 fully saturated rings. The van der Waals surface area contributed by atoms with Gasteiger partial charge in [0.2, 0.25) is 0 Å². The first-order chi connectivity index (χ1) is 9.80. The maximum atomic E-state index is 11.4. The second kappa shape index (κ2) is 5.57. The number of hydrogen-bond acceptors (Lipinski definition) is 6. The van der Waals surface area contributed by atoms with Crippen LogP contribution in [0.25, 0.3) is 11.5 Å². The van der Waals surface area contributed by atoms with Crippen LogP contribution in [0, 0.1) is 0 Å². The van der Waals surface area contributed by atoms with Crippen LogP contribution in [0.1, 0.15) is 32.5 Å². The monoisotopic (exact) mass is 309 g/mol. The van der Waals surface area contributed by atoms with Crippen LogP contribution in [0.15, 0.2) is 33.7 Å². The van der Waals surface area contributed by atoms with Crippen LogP contribution in [0.2, 0.25) is 0 Å². The molecule has 2 N–H and O–H groups in total. The van der Waals surface area contributed by atoms with Crippen LogP contribution in [0.5, 0.6) is 0 Å². The van der Waals surface area contributed by atoms with Crippen molar-refractivity contribution in [1.82, 2.24) is 10.1 Å². The molecular weight excluding hydrogens is 290 g/mol. The largest absolute Gasteiger partial charge is 0.334 e. The number of benzene rings is 1. The molecule has 0 unspecified atom stereocenters. The molecule has 0 saturated carbocycles. The minimum Gasteiger partial charge on any atom is -0.334 e. The van der Waals surface area contributed by atoms with Crippen molar-refractivity contribution in [1.29, 1.82) is 0 Å². The summed E-state index contributed by atoms with van der Waals surface area (Å²) in [5.41, 5.74) is 6.29. The third-order valence-electron chi connectivity index (χ3n) is 3.66. The van der Waals surface area contributed by atoms with Gasteiger partial charge in [0.05, 0.1) is 10.4 Å². The van der Waals surface area contributed by atoms with Gasteiger partial charge < -0.3 is 10.3 Å². The molecule has 2 rings (SSSR count). The Morgan fingerprint density at radius 2 is 1.76 bits per heavy atom. The Morgan fingerprint density at radius 3 is 2.24 bits per heavy atom. The fourth-order valence-electron chi connectivity index (χ4n) is 1.95. The lowest BCUT2D eigenvalue weighted by molar-refractivity contribution is 0.350. The van der Waals surface area contributed by atoms with Crippen LogP contribution < -0.4 is 5.73 Å². The highest BCUT2D eigenvalue weighted by atomic mass is 32.2. The third kappa shape index (κ3) is 3.14. The first-order valence-corrected chi connectivity index (χ1v) is 8.63. The van der Waals surface area contributed by atoms with Crippen LogP contribution in [-0.4, -0.2) is 24.8 Å². The van der Waals surface area contributed by atoms with Crippen molar-refractivity contribution >= 4 is 9.84 Å². The minimum absolute atomic E-state index is 0.251. The van der Waals surface area contributed by atoms with E-state index in [1.54, 1.807) is 12.1 Å². The number of nitrogens with zero attached hydrogens (tertiary/aromatic N) is 2. The Morgan fingerprint density at radius 1 is 1.19 bits per heavy atom. The molecule has 0 amide bonds. The Bertz CT molecular complexity index is 716. The zero-order chi connectivity index (χ0) is 15.7. The van der Waals surface area contributed by atoms with Gasteiger partial charge in [-0.15, -0.1) is 0 Å². The second-order valence-corrected chi connectivity index (χ2v) is 7.10. The highest BCUT2D eigenvalue weighted by Crippen LogP contribution is 2.26. The fourth-order valence-corrected chi connectivity index (χ4v) is 2.58. The first kappa shape index (κ1) is 15.7. The van der Waals surface area contributed by atoms with E-state index in [4.69, 9.17) is 10.3 Å². The smallest absolute Gasteiger partial charge is 0.257 e. The van der Waals surface area contributed by atoms with Crippen LogP contribution in [-0.2, 0) is 15.4 Å². The lowest BCUT2D eigenvalue weighted by Gasteiger charge is -2.21. The molecule has 21 heavy (non-hydrogen) atoms. The molecule has 0 spiro atoms. The van der Waals surface area contributed by atoms with Gasteiger partial charge in [-0.05, 0) is 37.1 Å². The Balaban J connectivity index is 2.34. The van der Waals surface area contributed by atoms with Crippen molar-refractivity contribution in [2.24, 2.45) is 5.73 Å².